The van der Waals surface area contributed by atoms with E-state index in [1.807, 2.05) is 11.8 Å². The fraction of sp³-hybridized carbons (Fsp3) is 0.500. The molecule has 2 aliphatic heterocycles. The summed E-state index contributed by atoms with van der Waals surface area (Å²) in [6.07, 6.45) is 0.703. The highest BCUT2D eigenvalue weighted by molar-refractivity contribution is 5.94. The van der Waals surface area contributed by atoms with Crippen LogP contribution in [0.5, 0.6) is 5.75 Å². The van der Waals surface area contributed by atoms with E-state index in [9.17, 15) is 20.0 Å². The number of rotatable bonds is 3. The first-order chi connectivity index (χ1) is 10.5. The van der Waals surface area contributed by atoms with Crippen molar-refractivity contribution >= 4 is 17.3 Å². The molecule has 2 aliphatic rings. The Bertz CT molecular complexity index is 626. The SMILES string of the molecule is CC1CN(C2CCOC2)c2cc(C(=O)O)c([N+](=O)[O-])cc2O1. The largest absolute Gasteiger partial charge is 0.486 e. The Morgan fingerprint density at radius 2 is 2.27 bits per heavy atom. The van der Waals surface area contributed by atoms with Crippen molar-refractivity contribution < 1.29 is 24.3 Å². The van der Waals surface area contributed by atoms with E-state index in [2.05, 4.69) is 0 Å². The van der Waals surface area contributed by atoms with E-state index in [0.717, 1.165) is 6.42 Å². The zero-order valence-electron chi connectivity index (χ0n) is 12.0. The number of fused-ring (bicyclic) bond motifs is 1. The molecule has 2 heterocycles. The quantitative estimate of drug-likeness (QED) is 0.669. The van der Waals surface area contributed by atoms with Crippen molar-refractivity contribution in [1.82, 2.24) is 0 Å². The molecule has 2 unspecified atom stereocenters. The molecule has 1 fully saturated rings. The predicted molar refractivity (Wildman–Crippen MR) is 76.7 cm³/mol. The normalized spacial score (nSPS) is 23.8. The van der Waals surface area contributed by atoms with Crippen LogP contribution in [0.25, 0.3) is 0 Å². The third-order valence-corrected chi connectivity index (χ3v) is 3.94. The van der Waals surface area contributed by atoms with Gasteiger partial charge in [-0.05, 0) is 19.4 Å². The molecule has 1 aromatic rings. The molecular formula is C14H16N2O6. The van der Waals surface area contributed by atoms with Crippen LogP contribution in [0.15, 0.2) is 12.1 Å². The third-order valence-electron chi connectivity index (χ3n) is 3.94. The van der Waals surface area contributed by atoms with Gasteiger partial charge in [-0.3, -0.25) is 10.1 Å². The van der Waals surface area contributed by atoms with Crippen LogP contribution < -0.4 is 9.64 Å². The second-order valence-corrected chi connectivity index (χ2v) is 5.50. The number of hydrogen-bond acceptors (Lipinski definition) is 6. The summed E-state index contributed by atoms with van der Waals surface area (Å²) in [5, 5.41) is 20.3. The smallest absolute Gasteiger partial charge is 0.342 e. The lowest BCUT2D eigenvalue weighted by atomic mass is 10.1. The molecule has 0 aliphatic carbocycles. The maximum absolute atomic E-state index is 11.3. The van der Waals surface area contributed by atoms with Gasteiger partial charge in [0.2, 0.25) is 0 Å². The number of anilines is 1. The summed E-state index contributed by atoms with van der Waals surface area (Å²) in [6.45, 7) is 3.69. The number of nitro groups is 1. The number of benzene rings is 1. The highest BCUT2D eigenvalue weighted by Crippen LogP contribution is 2.40. The Morgan fingerprint density at radius 1 is 1.50 bits per heavy atom. The zero-order chi connectivity index (χ0) is 15.9. The number of carboxylic acids is 1. The van der Waals surface area contributed by atoms with Gasteiger partial charge in [0.05, 0.1) is 35.9 Å². The molecule has 1 aromatic carbocycles. The molecule has 1 saturated heterocycles. The van der Waals surface area contributed by atoms with E-state index in [0.29, 0.717) is 31.2 Å². The highest BCUT2D eigenvalue weighted by Gasteiger charge is 2.34. The van der Waals surface area contributed by atoms with E-state index in [4.69, 9.17) is 9.47 Å². The molecule has 118 valence electrons. The van der Waals surface area contributed by atoms with Crippen molar-refractivity contribution in [2.24, 2.45) is 0 Å². The molecule has 0 radical (unpaired) electrons. The summed E-state index contributed by atoms with van der Waals surface area (Å²) in [5.74, 6) is -0.974. The number of carbonyl (C=O) groups is 1. The van der Waals surface area contributed by atoms with Crippen LogP contribution >= 0.6 is 0 Å². The lowest BCUT2D eigenvalue weighted by molar-refractivity contribution is -0.385. The van der Waals surface area contributed by atoms with Gasteiger partial charge in [0, 0.05) is 6.61 Å². The maximum Gasteiger partial charge on any atom is 0.342 e. The molecule has 8 nitrogen and oxygen atoms in total. The van der Waals surface area contributed by atoms with E-state index >= 15 is 0 Å². The van der Waals surface area contributed by atoms with Crippen molar-refractivity contribution in [3.05, 3.63) is 27.8 Å². The molecular weight excluding hydrogens is 292 g/mol. The van der Waals surface area contributed by atoms with Crippen molar-refractivity contribution in [2.75, 3.05) is 24.7 Å². The Hall–Kier alpha value is -2.35. The maximum atomic E-state index is 11.3. The Balaban J connectivity index is 2.10. The summed E-state index contributed by atoms with van der Waals surface area (Å²) in [5.41, 5.74) is -0.203. The van der Waals surface area contributed by atoms with Crippen LogP contribution in [0.2, 0.25) is 0 Å². The second-order valence-electron chi connectivity index (χ2n) is 5.50. The van der Waals surface area contributed by atoms with Gasteiger partial charge < -0.3 is 19.5 Å². The van der Waals surface area contributed by atoms with Crippen LogP contribution in [-0.2, 0) is 4.74 Å². The van der Waals surface area contributed by atoms with Gasteiger partial charge in [0.25, 0.3) is 5.69 Å². The first kappa shape index (κ1) is 14.6. The van der Waals surface area contributed by atoms with Crippen molar-refractivity contribution in [3.63, 3.8) is 0 Å². The molecule has 0 amide bonds. The molecule has 22 heavy (non-hydrogen) atoms. The van der Waals surface area contributed by atoms with Crippen molar-refractivity contribution in [3.8, 4) is 5.75 Å². The minimum absolute atomic E-state index is 0.133. The summed E-state index contributed by atoms with van der Waals surface area (Å²) < 4.78 is 11.1. The number of ether oxygens (including phenoxy) is 2. The second kappa shape index (κ2) is 5.45. The van der Waals surface area contributed by atoms with Gasteiger partial charge >= 0.3 is 5.97 Å². The van der Waals surface area contributed by atoms with Gasteiger partial charge in [0.15, 0.2) is 0 Å². The van der Waals surface area contributed by atoms with Gasteiger partial charge in [-0.2, -0.15) is 0 Å². The molecule has 8 heteroatoms. The van der Waals surface area contributed by atoms with Gasteiger partial charge in [-0.1, -0.05) is 0 Å². The van der Waals surface area contributed by atoms with Crippen LogP contribution in [0.4, 0.5) is 11.4 Å². The Labute approximate surface area is 126 Å². The van der Waals surface area contributed by atoms with Crippen molar-refractivity contribution in [1.29, 1.82) is 0 Å². The molecule has 0 spiro atoms. The lowest BCUT2D eigenvalue weighted by Gasteiger charge is -2.38. The fourth-order valence-electron chi connectivity index (χ4n) is 2.94. The third kappa shape index (κ3) is 2.45. The minimum Gasteiger partial charge on any atom is -0.486 e. The summed E-state index contributed by atoms with van der Waals surface area (Å²) in [4.78, 5) is 23.7. The molecule has 1 N–H and O–H groups in total. The van der Waals surface area contributed by atoms with Crippen LogP contribution in [0.3, 0.4) is 0 Å². The summed E-state index contributed by atoms with van der Waals surface area (Å²) >= 11 is 0. The monoisotopic (exact) mass is 308 g/mol. The van der Waals surface area contributed by atoms with E-state index in [1.54, 1.807) is 0 Å². The summed E-state index contributed by atoms with van der Waals surface area (Å²) in [6, 6.07) is 2.67. The first-order valence-electron chi connectivity index (χ1n) is 7.04. The van der Waals surface area contributed by atoms with E-state index < -0.39 is 16.6 Å². The number of nitro benzene ring substituents is 1. The minimum atomic E-state index is -1.32. The number of hydrogen-bond donors (Lipinski definition) is 1. The standard InChI is InChI=1S/C14H16N2O6/c1-8-6-15(9-2-3-21-7-9)12-4-10(14(17)18)11(16(19)20)5-13(12)22-8/h4-5,8-9H,2-3,6-7H2,1H3,(H,17,18). The van der Waals surface area contributed by atoms with Crippen LogP contribution in [0.1, 0.15) is 23.7 Å². The fourth-order valence-corrected chi connectivity index (χ4v) is 2.94. The molecule has 0 saturated carbocycles. The predicted octanol–water partition coefficient (Wildman–Crippen LogP) is 1.67. The molecule has 0 aromatic heterocycles. The molecule has 3 rings (SSSR count). The van der Waals surface area contributed by atoms with Crippen molar-refractivity contribution in [2.45, 2.75) is 25.5 Å². The first-order valence-corrected chi connectivity index (χ1v) is 7.04. The van der Waals surface area contributed by atoms with Gasteiger partial charge in [-0.15, -0.1) is 0 Å². The number of carboxylic acid groups (broad SMARTS) is 1. The molecule has 0 bridgehead atoms. The Kier molecular flexibility index (Phi) is 3.61. The van der Waals surface area contributed by atoms with Crippen LogP contribution in [-0.4, -0.2) is 47.9 Å². The van der Waals surface area contributed by atoms with Gasteiger partial charge in [0.1, 0.15) is 17.4 Å². The van der Waals surface area contributed by atoms with E-state index in [-0.39, 0.29) is 17.7 Å². The number of aromatic carboxylic acids is 1. The summed E-state index contributed by atoms with van der Waals surface area (Å²) in [7, 11) is 0. The zero-order valence-corrected chi connectivity index (χ0v) is 12.0. The van der Waals surface area contributed by atoms with Crippen LogP contribution in [0, 0.1) is 10.1 Å². The van der Waals surface area contributed by atoms with E-state index in [1.165, 1.54) is 12.1 Å². The average molecular weight is 308 g/mol. The highest BCUT2D eigenvalue weighted by atomic mass is 16.6. The number of nitrogens with zero attached hydrogens (tertiary/aromatic N) is 2. The van der Waals surface area contributed by atoms with Gasteiger partial charge in [-0.25, -0.2) is 4.79 Å². The lowest BCUT2D eigenvalue weighted by Crippen LogP contribution is -2.45. The Morgan fingerprint density at radius 3 is 2.86 bits per heavy atom. The topological polar surface area (TPSA) is 102 Å². The average Bonchev–Trinajstić information content (AvgIpc) is 2.98. The molecule has 2 atom stereocenters.